The molecule has 0 aliphatic rings. The van der Waals surface area contributed by atoms with E-state index in [9.17, 15) is 17.8 Å². The summed E-state index contributed by atoms with van der Waals surface area (Å²) in [6.45, 7) is 3.26. The summed E-state index contributed by atoms with van der Waals surface area (Å²) in [7, 11) is -3.16. The fourth-order valence-corrected chi connectivity index (χ4v) is 2.47. The summed E-state index contributed by atoms with van der Waals surface area (Å²) in [5.74, 6) is -0.0820. The van der Waals surface area contributed by atoms with Crippen molar-refractivity contribution in [3.63, 3.8) is 0 Å². The molecule has 0 aliphatic heterocycles. The van der Waals surface area contributed by atoms with Crippen LogP contribution in [0.3, 0.4) is 0 Å². The van der Waals surface area contributed by atoms with Crippen LogP contribution in [0.25, 0.3) is 11.0 Å². The summed E-state index contributed by atoms with van der Waals surface area (Å²) >= 11 is 0. The summed E-state index contributed by atoms with van der Waals surface area (Å²) < 4.78 is 41.7. The zero-order chi connectivity index (χ0) is 14.4. The van der Waals surface area contributed by atoms with Gasteiger partial charge >= 0.3 is 5.63 Å². The van der Waals surface area contributed by atoms with Crippen LogP contribution in [0.15, 0.2) is 26.2 Å². The zero-order valence-corrected chi connectivity index (χ0v) is 11.4. The molecule has 7 heteroatoms. The molecule has 0 amide bonds. The molecular formula is C12H12O6S. The predicted molar refractivity (Wildman–Crippen MR) is 68.3 cm³/mol. The van der Waals surface area contributed by atoms with Gasteiger partial charge in [0.05, 0.1) is 7.11 Å². The summed E-state index contributed by atoms with van der Waals surface area (Å²) in [4.78, 5) is 11.2. The Balaban J connectivity index is 2.99. The van der Waals surface area contributed by atoms with Crippen molar-refractivity contribution in [1.29, 1.82) is 0 Å². The summed E-state index contributed by atoms with van der Waals surface area (Å²) in [6, 6.07) is 2.50. The highest BCUT2D eigenvalue weighted by Crippen LogP contribution is 2.30. The lowest BCUT2D eigenvalue weighted by atomic mass is 10.1. The number of ether oxygens (including phenoxy) is 1. The largest absolute Gasteiger partial charge is 0.495 e. The average molecular weight is 284 g/mol. The zero-order valence-electron chi connectivity index (χ0n) is 10.6. The van der Waals surface area contributed by atoms with Gasteiger partial charge in [0.15, 0.2) is 0 Å². The minimum absolute atomic E-state index is 0.0820. The van der Waals surface area contributed by atoms with E-state index in [4.69, 9.17) is 9.15 Å². The van der Waals surface area contributed by atoms with E-state index in [0.717, 1.165) is 0 Å². The number of hydrogen-bond acceptors (Lipinski definition) is 5. The van der Waals surface area contributed by atoms with Gasteiger partial charge in [0.2, 0.25) is 0 Å². The van der Waals surface area contributed by atoms with Gasteiger partial charge in [0.25, 0.3) is 10.1 Å². The highest BCUT2D eigenvalue weighted by Gasteiger charge is 2.20. The first kappa shape index (κ1) is 13.6. The molecule has 2 aromatic rings. The van der Waals surface area contributed by atoms with Gasteiger partial charge in [-0.15, -0.1) is 0 Å². The first-order valence-corrected chi connectivity index (χ1v) is 6.79. The fraction of sp³-hybridized carbons (Fsp3) is 0.250. The number of benzene rings is 1. The average Bonchev–Trinajstić information content (AvgIpc) is 2.33. The molecule has 0 saturated heterocycles. The van der Waals surface area contributed by atoms with Crippen molar-refractivity contribution in [2.75, 3.05) is 7.11 Å². The molecule has 1 aromatic heterocycles. The molecule has 19 heavy (non-hydrogen) atoms. The van der Waals surface area contributed by atoms with E-state index in [1.54, 1.807) is 13.8 Å². The topological polar surface area (TPSA) is 93.8 Å². The van der Waals surface area contributed by atoms with Gasteiger partial charge in [0, 0.05) is 17.0 Å². The van der Waals surface area contributed by atoms with Crippen molar-refractivity contribution in [1.82, 2.24) is 0 Å². The normalized spacial score (nSPS) is 11.8. The van der Waals surface area contributed by atoms with Gasteiger partial charge in [-0.05, 0) is 25.5 Å². The second-order valence-electron chi connectivity index (χ2n) is 4.11. The third-order valence-electron chi connectivity index (χ3n) is 3.02. The van der Waals surface area contributed by atoms with Crippen LogP contribution in [0.2, 0.25) is 0 Å². The predicted octanol–water partition coefficient (Wildman–Crippen LogP) is 1.67. The molecule has 0 saturated carbocycles. The Morgan fingerprint density at radius 1 is 1.21 bits per heavy atom. The lowest BCUT2D eigenvalue weighted by Gasteiger charge is -2.09. The molecule has 0 unspecified atom stereocenters. The van der Waals surface area contributed by atoms with Crippen LogP contribution in [0, 0.1) is 13.8 Å². The SMILES string of the molecule is COc1cc2oc(=O)c(C)c(C)c2cc1S(=O)(=O)O. The van der Waals surface area contributed by atoms with Gasteiger partial charge in [-0.25, -0.2) is 4.79 Å². The van der Waals surface area contributed by atoms with Gasteiger partial charge in [-0.1, -0.05) is 0 Å². The first-order valence-electron chi connectivity index (χ1n) is 5.35. The lowest BCUT2D eigenvalue weighted by Crippen LogP contribution is -2.07. The molecule has 6 nitrogen and oxygen atoms in total. The molecule has 1 N–H and O–H groups in total. The Kier molecular flexibility index (Phi) is 3.11. The molecule has 1 aromatic carbocycles. The maximum Gasteiger partial charge on any atom is 0.339 e. The first-order chi connectivity index (χ1) is 8.75. The van der Waals surface area contributed by atoms with Crippen LogP contribution in [0.1, 0.15) is 11.1 Å². The van der Waals surface area contributed by atoms with E-state index in [1.165, 1.54) is 19.2 Å². The van der Waals surface area contributed by atoms with E-state index in [-0.39, 0.29) is 16.2 Å². The molecule has 0 aliphatic carbocycles. The van der Waals surface area contributed by atoms with Crippen LogP contribution in [-0.2, 0) is 10.1 Å². The molecule has 0 fully saturated rings. The van der Waals surface area contributed by atoms with Crippen molar-refractivity contribution in [3.8, 4) is 5.75 Å². The Bertz CT molecular complexity index is 816. The standard InChI is InChI=1S/C12H12O6S/c1-6-7(2)12(13)18-9-5-10(17-3)11(4-8(6)9)19(14,15)16/h4-5H,1-3H3,(H,14,15,16). The van der Waals surface area contributed by atoms with Gasteiger partial charge in [-0.2, -0.15) is 8.42 Å². The van der Waals surface area contributed by atoms with Crippen LogP contribution >= 0.6 is 0 Å². The molecule has 0 spiro atoms. The molecule has 2 rings (SSSR count). The van der Waals surface area contributed by atoms with E-state index in [0.29, 0.717) is 16.5 Å². The Hall–Kier alpha value is -1.86. The molecule has 0 radical (unpaired) electrons. The maximum absolute atomic E-state index is 11.6. The van der Waals surface area contributed by atoms with Crippen molar-refractivity contribution in [2.45, 2.75) is 18.7 Å². The Morgan fingerprint density at radius 3 is 2.37 bits per heavy atom. The molecule has 1 heterocycles. The van der Waals surface area contributed by atoms with Crippen LogP contribution in [0.5, 0.6) is 5.75 Å². The molecule has 0 atom stereocenters. The maximum atomic E-state index is 11.6. The van der Waals surface area contributed by atoms with Gasteiger partial charge < -0.3 is 9.15 Å². The number of aryl methyl sites for hydroxylation is 1. The van der Waals surface area contributed by atoms with Crippen LogP contribution < -0.4 is 10.4 Å². The smallest absolute Gasteiger partial charge is 0.339 e. The summed E-state index contributed by atoms with van der Waals surface area (Å²) in [6.07, 6.45) is 0. The van der Waals surface area contributed by atoms with Crippen molar-refractivity contribution in [2.24, 2.45) is 0 Å². The third kappa shape index (κ3) is 2.22. The van der Waals surface area contributed by atoms with Crippen molar-refractivity contribution in [3.05, 3.63) is 33.7 Å². The van der Waals surface area contributed by atoms with Crippen LogP contribution in [-0.4, -0.2) is 20.1 Å². The second kappa shape index (κ2) is 4.36. The number of methoxy groups -OCH3 is 1. The highest BCUT2D eigenvalue weighted by atomic mass is 32.2. The Morgan fingerprint density at radius 2 is 1.84 bits per heavy atom. The number of rotatable bonds is 2. The molecule has 102 valence electrons. The quantitative estimate of drug-likeness (QED) is 0.666. The third-order valence-corrected chi connectivity index (χ3v) is 3.89. The van der Waals surface area contributed by atoms with E-state index < -0.39 is 15.7 Å². The molecular weight excluding hydrogens is 272 g/mol. The van der Waals surface area contributed by atoms with Gasteiger partial charge in [0.1, 0.15) is 16.2 Å². The highest BCUT2D eigenvalue weighted by molar-refractivity contribution is 7.86. The minimum atomic E-state index is -4.42. The van der Waals surface area contributed by atoms with Crippen molar-refractivity contribution >= 4 is 21.1 Å². The van der Waals surface area contributed by atoms with E-state index in [2.05, 4.69) is 0 Å². The van der Waals surface area contributed by atoms with E-state index in [1.807, 2.05) is 0 Å². The number of hydrogen-bond donors (Lipinski definition) is 1. The monoisotopic (exact) mass is 284 g/mol. The fourth-order valence-electron chi connectivity index (χ4n) is 1.81. The Labute approximate surface area is 109 Å². The lowest BCUT2D eigenvalue weighted by molar-refractivity contribution is 0.397. The van der Waals surface area contributed by atoms with Gasteiger partial charge in [-0.3, -0.25) is 4.55 Å². The second-order valence-corrected chi connectivity index (χ2v) is 5.50. The number of fused-ring (bicyclic) bond motifs is 1. The molecule has 0 bridgehead atoms. The minimum Gasteiger partial charge on any atom is -0.495 e. The van der Waals surface area contributed by atoms with E-state index >= 15 is 0 Å². The summed E-state index contributed by atoms with van der Waals surface area (Å²) in [5, 5.41) is 0.436. The summed E-state index contributed by atoms with van der Waals surface area (Å²) in [5.41, 5.74) is 0.696. The van der Waals surface area contributed by atoms with Crippen molar-refractivity contribution < 1.29 is 22.1 Å². The van der Waals surface area contributed by atoms with Crippen LogP contribution in [0.4, 0.5) is 0 Å².